The van der Waals surface area contributed by atoms with Crippen molar-refractivity contribution in [2.45, 2.75) is 39.5 Å². The van der Waals surface area contributed by atoms with Crippen LogP contribution < -0.4 is 5.32 Å². The van der Waals surface area contributed by atoms with Crippen molar-refractivity contribution in [1.29, 1.82) is 0 Å². The number of nitrogens with zero attached hydrogens (tertiary/aromatic N) is 1. The number of esters is 1. The van der Waals surface area contributed by atoms with Crippen molar-refractivity contribution in [3.63, 3.8) is 0 Å². The van der Waals surface area contributed by atoms with Gasteiger partial charge in [0.25, 0.3) is 5.91 Å². The van der Waals surface area contributed by atoms with Gasteiger partial charge in [-0.2, -0.15) is 0 Å². The predicted molar refractivity (Wildman–Crippen MR) is 147 cm³/mol. The van der Waals surface area contributed by atoms with E-state index < -0.39 is 5.97 Å². The number of carbonyl (C=O) groups is 2. The minimum Gasteiger partial charge on any atom is -0.462 e. The summed E-state index contributed by atoms with van der Waals surface area (Å²) in [6.45, 7) is 3.92. The molecule has 2 aromatic heterocycles. The van der Waals surface area contributed by atoms with E-state index in [0.29, 0.717) is 48.5 Å². The quantitative estimate of drug-likeness (QED) is 0.262. The number of benzene rings is 2. The highest BCUT2D eigenvalue weighted by molar-refractivity contribution is 7.17. The van der Waals surface area contributed by atoms with Gasteiger partial charge >= 0.3 is 5.97 Å². The van der Waals surface area contributed by atoms with Crippen LogP contribution in [0.3, 0.4) is 0 Å². The maximum Gasteiger partial charge on any atom is 0.341 e. The molecule has 0 unspecified atom stereocenters. The standard InChI is InChI=1S/C28H24Cl2N2O3S/c1-3-35-28(34)24-19-9-5-7-11-22(19)36-27(24)32-26(33)23-15(2)25(17-13-12-16(29)14-20(17)30)31-21-10-6-4-8-18(21)23/h4,6,8,10,12-14H,3,5,7,9,11H2,1-2H3,(H,32,33). The molecule has 0 saturated carbocycles. The SMILES string of the molecule is CCOC(=O)c1c(NC(=O)c2c(C)c(-c3ccc(Cl)cc3Cl)nc3ccccc23)sc2c1CCCC2. The lowest BCUT2D eigenvalue weighted by Crippen LogP contribution is -2.17. The Morgan fingerprint density at radius 3 is 2.64 bits per heavy atom. The van der Waals surface area contributed by atoms with E-state index >= 15 is 0 Å². The normalized spacial score (nSPS) is 12.9. The number of amides is 1. The zero-order chi connectivity index (χ0) is 25.4. The van der Waals surface area contributed by atoms with Gasteiger partial charge in [-0.25, -0.2) is 9.78 Å². The Labute approximate surface area is 223 Å². The molecule has 0 radical (unpaired) electrons. The minimum absolute atomic E-state index is 0.274. The molecule has 4 aromatic rings. The minimum atomic E-state index is -0.392. The monoisotopic (exact) mass is 538 g/mol. The molecule has 1 aliphatic rings. The summed E-state index contributed by atoms with van der Waals surface area (Å²) in [5, 5.41) is 5.29. The Bertz CT molecular complexity index is 1510. The van der Waals surface area contributed by atoms with Crippen molar-refractivity contribution in [3.8, 4) is 11.3 Å². The first-order valence-electron chi connectivity index (χ1n) is 11.9. The third-order valence-electron chi connectivity index (χ3n) is 6.43. The van der Waals surface area contributed by atoms with E-state index in [1.807, 2.05) is 37.3 Å². The number of aromatic nitrogens is 1. The third kappa shape index (κ3) is 4.49. The summed E-state index contributed by atoms with van der Waals surface area (Å²) in [6.07, 6.45) is 3.80. The van der Waals surface area contributed by atoms with Crippen molar-refractivity contribution in [3.05, 3.63) is 79.6 Å². The van der Waals surface area contributed by atoms with Crippen LogP contribution in [0.5, 0.6) is 0 Å². The third-order valence-corrected chi connectivity index (χ3v) is 8.18. The fraction of sp³-hybridized carbons (Fsp3) is 0.250. The van der Waals surface area contributed by atoms with Crippen LogP contribution >= 0.6 is 34.5 Å². The summed E-state index contributed by atoms with van der Waals surface area (Å²) in [4.78, 5) is 32.7. The Balaban J connectivity index is 1.64. The highest BCUT2D eigenvalue weighted by Gasteiger charge is 2.28. The maximum atomic E-state index is 13.9. The van der Waals surface area contributed by atoms with Crippen molar-refractivity contribution in [1.82, 2.24) is 4.98 Å². The predicted octanol–water partition coefficient (Wildman–Crippen LogP) is 7.89. The first-order chi connectivity index (χ1) is 17.4. The number of nitrogens with one attached hydrogen (secondary N) is 1. The molecule has 5 nitrogen and oxygen atoms in total. The molecule has 5 rings (SSSR count). The lowest BCUT2D eigenvalue weighted by atomic mass is 9.95. The zero-order valence-electron chi connectivity index (χ0n) is 19.9. The Kier molecular flexibility index (Phi) is 7.02. The molecule has 8 heteroatoms. The van der Waals surface area contributed by atoms with Gasteiger partial charge in [-0.1, -0.05) is 41.4 Å². The van der Waals surface area contributed by atoms with E-state index in [4.69, 9.17) is 32.9 Å². The molecule has 2 aromatic carbocycles. The number of ether oxygens (including phenoxy) is 1. The van der Waals surface area contributed by atoms with Crippen LogP contribution in [0.15, 0.2) is 42.5 Å². The highest BCUT2D eigenvalue weighted by Crippen LogP contribution is 2.40. The number of carbonyl (C=O) groups excluding carboxylic acids is 2. The number of hydrogen-bond acceptors (Lipinski definition) is 5. The van der Waals surface area contributed by atoms with Crippen LogP contribution in [0.2, 0.25) is 10.0 Å². The molecule has 0 atom stereocenters. The van der Waals surface area contributed by atoms with Gasteiger partial charge in [0.1, 0.15) is 5.00 Å². The molecule has 0 fully saturated rings. The van der Waals surface area contributed by atoms with Crippen LogP contribution in [-0.4, -0.2) is 23.5 Å². The van der Waals surface area contributed by atoms with Crippen LogP contribution in [0.4, 0.5) is 5.00 Å². The molecule has 184 valence electrons. The van der Waals surface area contributed by atoms with Crippen molar-refractivity contribution in [2.24, 2.45) is 0 Å². The number of halogens is 2. The number of pyridine rings is 1. The van der Waals surface area contributed by atoms with Crippen LogP contribution in [0.1, 0.15) is 56.5 Å². The van der Waals surface area contributed by atoms with E-state index in [2.05, 4.69) is 5.32 Å². The smallest absolute Gasteiger partial charge is 0.341 e. The van der Waals surface area contributed by atoms with Gasteiger partial charge in [0.05, 0.1) is 34.0 Å². The van der Waals surface area contributed by atoms with E-state index in [9.17, 15) is 9.59 Å². The van der Waals surface area contributed by atoms with Crippen LogP contribution in [0.25, 0.3) is 22.2 Å². The van der Waals surface area contributed by atoms with Crippen molar-refractivity contribution >= 4 is 62.3 Å². The zero-order valence-corrected chi connectivity index (χ0v) is 22.2. The van der Waals surface area contributed by atoms with Crippen molar-refractivity contribution < 1.29 is 14.3 Å². The highest BCUT2D eigenvalue weighted by atomic mass is 35.5. The molecule has 0 aliphatic heterocycles. The average molecular weight is 539 g/mol. The Morgan fingerprint density at radius 1 is 1.08 bits per heavy atom. The van der Waals surface area contributed by atoms with Crippen LogP contribution in [-0.2, 0) is 17.6 Å². The molecule has 1 N–H and O–H groups in total. The van der Waals surface area contributed by atoms with E-state index in [0.717, 1.165) is 41.5 Å². The number of anilines is 1. The fourth-order valence-corrected chi connectivity index (χ4v) is 6.55. The van der Waals surface area contributed by atoms with Gasteiger partial charge in [-0.15, -0.1) is 11.3 Å². The number of aryl methyl sites for hydroxylation is 1. The molecule has 0 bridgehead atoms. The van der Waals surface area contributed by atoms with Crippen molar-refractivity contribution in [2.75, 3.05) is 11.9 Å². The topological polar surface area (TPSA) is 68.3 Å². The Morgan fingerprint density at radius 2 is 1.86 bits per heavy atom. The lowest BCUT2D eigenvalue weighted by Gasteiger charge is -2.16. The van der Waals surface area contributed by atoms with E-state index in [1.54, 1.807) is 19.1 Å². The van der Waals surface area contributed by atoms with E-state index in [1.165, 1.54) is 11.3 Å². The fourth-order valence-electron chi connectivity index (χ4n) is 4.78. The van der Waals surface area contributed by atoms with Gasteiger partial charge in [0, 0.05) is 20.8 Å². The summed E-state index contributed by atoms with van der Waals surface area (Å²) < 4.78 is 5.36. The summed E-state index contributed by atoms with van der Waals surface area (Å²) in [6, 6.07) is 12.7. The molecule has 0 saturated heterocycles. The number of hydrogen-bond donors (Lipinski definition) is 1. The molecular weight excluding hydrogens is 515 g/mol. The second kappa shape index (κ2) is 10.2. The number of thiophene rings is 1. The first-order valence-corrected chi connectivity index (χ1v) is 13.4. The Hall–Kier alpha value is -2.93. The summed E-state index contributed by atoms with van der Waals surface area (Å²) in [7, 11) is 0. The lowest BCUT2D eigenvalue weighted by molar-refractivity contribution is 0.0526. The maximum absolute atomic E-state index is 13.9. The number of rotatable bonds is 5. The largest absolute Gasteiger partial charge is 0.462 e. The van der Waals surface area contributed by atoms with Gasteiger partial charge in [-0.05, 0) is 74.9 Å². The second-order valence-electron chi connectivity index (χ2n) is 8.69. The number of fused-ring (bicyclic) bond motifs is 2. The summed E-state index contributed by atoms with van der Waals surface area (Å²) in [5.41, 5.74) is 4.64. The second-order valence-corrected chi connectivity index (χ2v) is 10.6. The van der Waals surface area contributed by atoms with E-state index in [-0.39, 0.29) is 12.5 Å². The number of para-hydroxylation sites is 1. The molecule has 1 amide bonds. The van der Waals surface area contributed by atoms with Crippen LogP contribution in [0, 0.1) is 6.92 Å². The van der Waals surface area contributed by atoms with Gasteiger partial charge in [0.2, 0.25) is 0 Å². The molecule has 36 heavy (non-hydrogen) atoms. The summed E-state index contributed by atoms with van der Waals surface area (Å²) >= 11 is 14.1. The van der Waals surface area contributed by atoms with Gasteiger partial charge < -0.3 is 10.1 Å². The molecule has 0 spiro atoms. The van der Waals surface area contributed by atoms with Gasteiger partial charge in [0.15, 0.2) is 0 Å². The molecular formula is C28H24Cl2N2O3S. The molecule has 2 heterocycles. The van der Waals surface area contributed by atoms with Gasteiger partial charge in [-0.3, -0.25) is 4.79 Å². The summed E-state index contributed by atoms with van der Waals surface area (Å²) in [5.74, 6) is -0.696. The average Bonchev–Trinajstić information content (AvgIpc) is 3.22. The molecule has 1 aliphatic carbocycles. The first kappa shape index (κ1) is 24.8.